The Morgan fingerprint density at radius 1 is 0.952 bits per heavy atom. The van der Waals surface area contributed by atoms with E-state index in [9.17, 15) is 0 Å². The summed E-state index contributed by atoms with van der Waals surface area (Å²) in [7, 11) is 4.05. The molecular formula is C17H14Cl2N2. The zero-order valence-electron chi connectivity index (χ0n) is 11.8. The number of rotatable bonds is 2. The number of benzene rings is 2. The maximum Gasteiger partial charge on any atom is 0.0801 e. The summed E-state index contributed by atoms with van der Waals surface area (Å²) in [6.45, 7) is 0. The summed E-state index contributed by atoms with van der Waals surface area (Å²) < 4.78 is 0. The average Bonchev–Trinajstić information content (AvgIpc) is 2.44. The zero-order valence-corrected chi connectivity index (χ0v) is 13.3. The van der Waals surface area contributed by atoms with Gasteiger partial charge in [-0.3, -0.25) is 4.98 Å². The van der Waals surface area contributed by atoms with Crippen LogP contribution in [0.25, 0.3) is 22.0 Å². The molecule has 0 bridgehead atoms. The van der Waals surface area contributed by atoms with Gasteiger partial charge in [0.15, 0.2) is 0 Å². The number of hydrogen-bond acceptors (Lipinski definition) is 2. The quantitative estimate of drug-likeness (QED) is 0.640. The molecule has 1 heterocycles. The van der Waals surface area contributed by atoms with Crippen molar-refractivity contribution < 1.29 is 0 Å². The Balaban J connectivity index is 2.31. The van der Waals surface area contributed by atoms with Crippen molar-refractivity contribution in [3.63, 3.8) is 0 Å². The van der Waals surface area contributed by atoms with Crippen LogP contribution in [0.3, 0.4) is 0 Å². The van der Waals surface area contributed by atoms with Crippen molar-refractivity contribution in [2.24, 2.45) is 0 Å². The Kier molecular flexibility index (Phi) is 3.75. The molecule has 1 aromatic heterocycles. The lowest BCUT2D eigenvalue weighted by Gasteiger charge is -2.16. The third kappa shape index (κ3) is 2.69. The molecule has 0 unspecified atom stereocenters. The fourth-order valence-corrected chi connectivity index (χ4v) is 3.02. The largest absolute Gasteiger partial charge is 0.377 e. The highest BCUT2D eigenvalue weighted by Crippen LogP contribution is 2.34. The first-order valence-corrected chi connectivity index (χ1v) is 7.33. The van der Waals surface area contributed by atoms with Gasteiger partial charge in [0, 0.05) is 47.0 Å². The van der Waals surface area contributed by atoms with Crippen LogP contribution in [0.15, 0.2) is 48.7 Å². The Labute approximate surface area is 133 Å². The molecule has 0 radical (unpaired) electrons. The molecule has 0 saturated carbocycles. The number of nitrogens with zero attached hydrogens (tertiary/aromatic N) is 2. The number of anilines is 1. The summed E-state index contributed by atoms with van der Waals surface area (Å²) in [5.41, 5.74) is 4.08. The Morgan fingerprint density at radius 2 is 1.67 bits per heavy atom. The van der Waals surface area contributed by atoms with Gasteiger partial charge in [0.2, 0.25) is 0 Å². The molecule has 0 atom stereocenters. The van der Waals surface area contributed by atoms with Crippen LogP contribution >= 0.6 is 23.2 Å². The minimum absolute atomic E-state index is 0.623. The molecule has 0 fully saturated rings. The standard InChI is InChI=1S/C17H14Cl2N2/c1-21(2)16-6-7-20-17-14(4-3-5-15(16)17)11-8-12(18)10-13(19)9-11/h3-10H,1-2H3. The fraction of sp³-hybridized carbons (Fsp3) is 0.118. The van der Waals surface area contributed by atoms with Gasteiger partial charge in [0.05, 0.1) is 5.52 Å². The van der Waals surface area contributed by atoms with E-state index in [4.69, 9.17) is 23.2 Å². The minimum Gasteiger partial charge on any atom is -0.377 e. The van der Waals surface area contributed by atoms with Gasteiger partial charge in [-0.15, -0.1) is 0 Å². The molecule has 0 N–H and O–H groups in total. The number of para-hydroxylation sites is 1. The SMILES string of the molecule is CN(C)c1ccnc2c(-c3cc(Cl)cc(Cl)c3)cccc12. The minimum atomic E-state index is 0.623. The van der Waals surface area contributed by atoms with Crippen molar-refractivity contribution in [1.82, 2.24) is 4.98 Å². The third-order valence-corrected chi connectivity index (χ3v) is 3.84. The van der Waals surface area contributed by atoms with Gasteiger partial charge in [0.25, 0.3) is 0 Å². The molecule has 0 aliphatic heterocycles. The summed E-state index contributed by atoms with van der Waals surface area (Å²) in [6, 6.07) is 13.7. The Morgan fingerprint density at radius 3 is 2.33 bits per heavy atom. The van der Waals surface area contributed by atoms with Gasteiger partial charge in [-0.05, 0) is 29.8 Å². The highest BCUT2D eigenvalue weighted by molar-refractivity contribution is 6.35. The van der Waals surface area contributed by atoms with Crippen LogP contribution in [0, 0.1) is 0 Å². The van der Waals surface area contributed by atoms with Crippen LogP contribution in [0.2, 0.25) is 10.0 Å². The maximum absolute atomic E-state index is 6.12. The first kappa shape index (κ1) is 14.2. The highest BCUT2D eigenvalue weighted by atomic mass is 35.5. The predicted molar refractivity (Wildman–Crippen MR) is 91.5 cm³/mol. The second-order valence-electron chi connectivity index (χ2n) is 5.08. The first-order valence-electron chi connectivity index (χ1n) is 6.58. The number of aromatic nitrogens is 1. The molecule has 21 heavy (non-hydrogen) atoms. The van der Waals surface area contributed by atoms with Gasteiger partial charge in [-0.25, -0.2) is 0 Å². The van der Waals surface area contributed by atoms with Gasteiger partial charge < -0.3 is 4.90 Å². The molecule has 106 valence electrons. The third-order valence-electron chi connectivity index (χ3n) is 3.40. The van der Waals surface area contributed by atoms with Gasteiger partial charge in [0.1, 0.15) is 0 Å². The van der Waals surface area contributed by atoms with Crippen molar-refractivity contribution in [2.45, 2.75) is 0 Å². The second-order valence-corrected chi connectivity index (χ2v) is 5.96. The molecular weight excluding hydrogens is 303 g/mol. The zero-order chi connectivity index (χ0) is 15.0. The molecule has 3 aromatic rings. The van der Waals surface area contributed by atoms with E-state index in [-0.39, 0.29) is 0 Å². The number of pyridine rings is 1. The topological polar surface area (TPSA) is 16.1 Å². The van der Waals surface area contributed by atoms with Crippen LogP contribution in [0.5, 0.6) is 0 Å². The van der Waals surface area contributed by atoms with Gasteiger partial charge >= 0.3 is 0 Å². The van der Waals surface area contributed by atoms with Crippen molar-refractivity contribution in [1.29, 1.82) is 0 Å². The van der Waals surface area contributed by atoms with Crippen LogP contribution < -0.4 is 4.90 Å². The van der Waals surface area contributed by atoms with Gasteiger partial charge in [-0.1, -0.05) is 41.4 Å². The molecule has 0 aliphatic rings. The molecule has 0 amide bonds. The van der Waals surface area contributed by atoms with Crippen LogP contribution in [-0.2, 0) is 0 Å². The summed E-state index contributed by atoms with van der Waals surface area (Å²) in [6.07, 6.45) is 1.83. The van der Waals surface area contributed by atoms with Crippen molar-refractivity contribution in [3.05, 3.63) is 58.7 Å². The molecule has 2 aromatic carbocycles. The van der Waals surface area contributed by atoms with E-state index in [2.05, 4.69) is 16.0 Å². The van der Waals surface area contributed by atoms with Crippen molar-refractivity contribution in [3.8, 4) is 11.1 Å². The monoisotopic (exact) mass is 316 g/mol. The Hall–Kier alpha value is -1.77. The summed E-state index contributed by atoms with van der Waals surface area (Å²) in [4.78, 5) is 6.63. The van der Waals surface area contributed by atoms with E-state index < -0.39 is 0 Å². The van der Waals surface area contributed by atoms with E-state index >= 15 is 0 Å². The predicted octanol–water partition coefficient (Wildman–Crippen LogP) is 5.27. The molecule has 4 heteroatoms. The molecule has 2 nitrogen and oxygen atoms in total. The van der Waals surface area contributed by atoms with Crippen LogP contribution in [0.4, 0.5) is 5.69 Å². The lowest BCUT2D eigenvalue weighted by Crippen LogP contribution is -2.09. The van der Waals surface area contributed by atoms with E-state index in [1.54, 1.807) is 6.07 Å². The molecule has 0 aliphatic carbocycles. The summed E-state index contributed by atoms with van der Waals surface area (Å²) in [5.74, 6) is 0. The first-order chi connectivity index (χ1) is 10.1. The number of halogens is 2. The normalized spacial score (nSPS) is 10.9. The highest BCUT2D eigenvalue weighted by Gasteiger charge is 2.10. The molecule has 3 rings (SSSR count). The van der Waals surface area contributed by atoms with Crippen LogP contribution in [-0.4, -0.2) is 19.1 Å². The lowest BCUT2D eigenvalue weighted by molar-refractivity contribution is 1.14. The number of hydrogen-bond donors (Lipinski definition) is 0. The number of fused-ring (bicyclic) bond motifs is 1. The van der Waals surface area contributed by atoms with E-state index in [1.165, 1.54) is 0 Å². The Bertz CT molecular complexity index is 793. The van der Waals surface area contributed by atoms with E-state index in [0.717, 1.165) is 27.7 Å². The van der Waals surface area contributed by atoms with Gasteiger partial charge in [-0.2, -0.15) is 0 Å². The van der Waals surface area contributed by atoms with Crippen molar-refractivity contribution in [2.75, 3.05) is 19.0 Å². The van der Waals surface area contributed by atoms with E-state index in [1.807, 2.05) is 50.6 Å². The smallest absolute Gasteiger partial charge is 0.0801 e. The molecule has 0 saturated heterocycles. The lowest BCUT2D eigenvalue weighted by atomic mass is 10.0. The fourth-order valence-electron chi connectivity index (χ4n) is 2.49. The second kappa shape index (κ2) is 5.55. The van der Waals surface area contributed by atoms with Crippen LogP contribution in [0.1, 0.15) is 0 Å². The summed E-state index contributed by atoms with van der Waals surface area (Å²) >= 11 is 12.2. The molecule has 0 spiro atoms. The summed E-state index contributed by atoms with van der Waals surface area (Å²) in [5, 5.41) is 2.35. The van der Waals surface area contributed by atoms with Crippen molar-refractivity contribution >= 4 is 39.8 Å². The average molecular weight is 317 g/mol. The maximum atomic E-state index is 6.12. The van der Waals surface area contributed by atoms with E-state index in [0.29, 0.717) is 10.0 Å².